The Morgan fingerprint density at radius 2 is 1.55 bits per heavy atom. The molecule has 3 aromatic carbocycles. The lowest BCUT2D eigenvalue weighted by Gasteiger charge is -2.14. The SMILES string of the molecule is Cc1ccc(N=Nc2c(O)c(S(=O)(=O)[O-])cc3cc(S(=O)(=O)[O-])ccc23)c(C)c1. The lowest BCUT2D eigenvalue weighted by Crippen LogP contribution is -2.01. The zero-order valence-corrected chi connectivity index (χ0v) is 16.8. The van der Waals surface area contributed by atoms with Crippen molar-refractivity contribution in [3.63, 3.8) is 0 Å². The fourth-order valence-electron chi connectivity index (χ4n) is 2.80. The monoisotopic (exact) mass is 434 g/mol. The zero-order chi connectivity index (χ0) is 21.6. The van der Waals surface area contributed by atoms with Gasteiger partial charge in [-0.25, -0.2) is 16.8 Å². The molecule has 152 valence electrons. The number of aryl methyl sites for hydroxylation is 2. The highest BCUT2D eigenvalue weighted by Crippen LogP contribution is 2.42. The van der Waals surface area contributed by atoms with E-state index in [2.05, 4.69) is 10.2 Å². The van der Waals surface area contributed by atoms with Crippen molar-refractivity contribution in [1.82, 2.24) is 0 Å². The predicted molar refractivity (Wildman–Crippen MR) is 102 cm³/mol. The van der Waals surface area contributed by atoms with Crippen LogP contribution in [0.5, 0.6) is 5.75 Å². The van der Waals surface area contributed by atoms with E-state index in [0.717, 1.165) is 29.3 Å². The van der Waals surface area contributed by atoms with E-state index in [-0.39, 0.29) is 16.5 Å². The Labute approximate surface area is 166 Å². The molecule has 0 atom stereocenters. The van der Waals surface area contributed by atoms with Crippen LogP contribution in [0.1, 0.15) is 11.1 Å². The molecule has 0 aliphatic carbocycles. The molecule has 0 saturated heterocycles. The lowest BCUT2D eigenvalue weighted by molar-refractivity contribution is 0.436. The van der Waals surface area contributed by atoms with Crippen LogP contribution in [0.15, 0.2) is 62.5 Å². The molecule has 0 saturated carbocycles. The third-order valence-electron chi connectivity index (χ3n) is 4.19. The number of aromatic hydroxyl groups is 1. The first-order chi connectivity index (χ1) is 13.4. The van der Waals surface area contributed by atoms with Crippen LogP contribution < -0.4 is 0 Å². The largest absolute Gasteiger partial charge is 0.744 e. The molecule has 0 heterocycles. The molecule has 0 radical (unpaired) electrons. The molecule has 29 heavy (non-hydrogen) atoms. The van der Waals surface area contributed by atoms with Gasteiger partial charge in [0.1, 0.15) is 25.9 Å². The minimum atomic E-state index is -5.12. The highest BCUT2D eigenvalue weighted by molar-refractivity contribution is 7.86. The van der Waals surface area contributed by atoms with Crippen LogP contribution in [0, 0.1) is 13.8 Å². The molecular formula is C18H14N2O7S2-2. The summed E-state index contributed by atoms with van der Waals surface area (Å²) >= 11 is 0. The number of phenols is 1. The highest BCUT2D eigenvalue weighted by Gasteiger charge is 2.18. The van der Waals surface area contributed by atoms with Gasteiger partial charge in [0.05, 0.1) is 15.5 Å². The van der Waals surface area contributed by atoms with Crippen molar-refractivity contribution >= 4 is 42.4 Å². The zero-order valence-electron chi connectivity index (χ0n) is 15.1. The number of hydrogen-bond acceptors (Lipinski definition) is 9. The van der Waals surface area contributed by atoms with Gasteiger partial charge in [-0.1, -0.05) is 23.8 Å². The Kier molecular flexibility index (Phi) is 5.17. The Bertz CT molecular complexity index is 1380. The normalized spacial score (nSPS) is 12.7. The molecule has 9 nitrogen and oxygen atoms in total. The van der Waals surface area contributed by atoms with Crippen molar-refractivity contribution in [2.24, 2.45) is 10.2 Å². The first-order valence-corrected chi connectivity index (χ1v) is 10.9. The summed E-state index contributed by atoms with van der Waals surface area (Å²) in [7, 11) is -9.95. The lowest BCUT2D eigenvalue weighted by atomic mass is 10.1. The first-order valence-electron chi connectivity index (χ1n) is 8.08. The van der Waals surface area contributed by atoms with Crippen molar-refractivity contribution in [3.8, 4) is 5.75 Å². The van der Waals surface area contributed by atoms with E-state index in [9.17, 15) is 31.0 Å². The van der Waals surface area contributed by atoms with Gasteiger partial charge in [-0.2, -0.15) is 5.11 Å². The summed E-state index contributed by atoms with van der Waals surface area (Å²) in [4.78, 5) is -1.62. The third kappa shape index (κ3) is 4.27. The molecule has 0 unspecified atom stereocenters. The number of rotatable bonds is 4. The molecule has 0 amide bonds. The predicted octanol–water partition coefficient (Wildman–Crippen LogP) is 3.39. The van der Waals surface area contributed by atoms with Crippen LogP contribution in [0.4, 0.5) is 11.4 Å². The van der Waals surface area contributed by atoms with Crippen LogP contribution in [-0.4, -0.2) is 31.0 Å². The smallest absolute Gasteiger partial charge is 0.161 e. The second kappa shape index (κ2) is 7.19. The molecule has 3 aromatic rings. The van der Waals surface area contributed by atoms with Crippen LogP contribution in [0.2, 0.25) is 0 Å². The molecule has 0 aromatic heterocycles. The minimum absolute atomic E-state index is 0.0799. The topological polar surface area (TPSA) is 159 Å². The van der Waals surface area contributed by atoms with E-state index in [1.807, 2.05) is 13.0 Å². The van der Waals surface area contributed by atoms with E-state index in [1.165, 1.54) is 6.07 Å². The van der Waals surface area contributed by atoms with Crippen LogP contribution in [0.25, 0.3) is 10.8 Å². The summed E-state index contributed by atoms with van der Waals surface area (Å²) < 4.78 is 68.4. The van der Waals surface area contributed by atoms with Crippen LogP contribution >= 0.6 is 0 Å². The van der Waals surface area contributed by atoms with Gasteiger partial charge in [0.15, 0.2) is 5.75 Å². The van der Waals surface area contributed by atoms with Crippen molar-refractivity contribution in [3.05, 3.63) is 53.6 Å². The molecule has 0 aliphatic rings. The molecule has 0 bridgehead atoms. The van der Waals surface area contributed by atoms with E-state index < -0.39 is 35.8 Å². The van der Waals surface area contributed by atoms with Gasteiger partial charge in [0, 0.05) is 5.39 Å². The number of nitrogens with zero attached hydrogens (tertiary/aromatic N) is 2. The molecule has 1 N–H and O–H groups in total. The highest BCUT2D eigenvalue weighted by atomic mass is 32.2. The molecule has 11 heteroatoms. The summed E-state index contributed by atoms with van der Waals surface area (Å²) in [5.41, 5.74) is 1.86. The number of hydrogen-bond donors (Lipinski definition) is 1. The maximum atomic E-state index is 11.5. The van der Waals surface area contributed by atoms with E-state index in [0.29, 0.717) is 5.69 Å². The summed E-state index contributed by atoms with van der Waals surface area (Å²) in [5, 5.41) is 18.3. The molecule has 0 aliphatic heterocycles. The van der Waals surface area contributed by atoms with Crippen LogP contribution in [-0.2, 0) is 20.2 Å². The van der Waals surface area contributed by atoms with Gasteiger partial charge in [-0.15, -0.1) is 5.11 Å². The van der Waals surface area contributed by atoms with Crippen molar-refractivity contribution in [1.29, 1.82) is 0 Å². The quantitative estimate of drug-likeness (QED) is 0.486. The summed E-state index contributed by atoms with van der Waals surface area (Å²) in [6.07, 6.45) is 0. The molecular weight excluding hydrogens is 420 g/mol. The second-order valence-corrected chi connectivity index (χ2v) is 9.08. The summed E-state index contributed by atoms with van der Waals surface area (Å²) in [6, 6.07) is 9.16. The Hall–Kier alpha value is -2.86. The van der Waals surface area contributed by atoms with Crippen molar-refractivity contribution in [2.45, 2.75) is 23.6 Å². The average molecular weight is 434 g/mol. The van der Waals surface area contributed by atoms with Gasteiger partial charge in [-0.05, 0) is 49.1 Å². The van der Waals surface area contributed by atoms with Crippen molar-refractivity contribution in [2.75, 3.05) is 0 Å². The average Bonchev–Trinajstić information content (AvgIpc) is 2.59. The molecule has 0 spiro atoms. The summed E-state index contributed by atoms with van der Waals surface area (Å²) in [6.45, 7) is 3.67. The van der Waals surface area contributed by atoms with E-state index >= 15 is 0 Å². The number of phenolic OH excluding ortho intramolecular Hbond substituents is 1. The summed E-state index contributed by atoms with van der Waals surface area (Å²) in [5.74, 6) is -0.918. The standard InChI is InChI=1S/C18H16N2O7S2/c1-10-3-6-15(11(2)7-10)19-20-17-14-5-4-13(28(22,23)24)8-12(14)9-16(18(17)21)29(25,26)27/h3-9,21H,1-2H3,(H,22,23,24)(H,25,26,27)/p-2. The fraction of sp³-hybridized carbons (Fsp3) is 0.111. The maximum Gasteiger partial charge on any atom is 0.161 e. The third-order valence-corrected chi connectivity index (χ3v) is 5.87. The molecule has 0 fully saturated rings. The number of azo groups is 1. The Morgan fingerprint density at radius 1 is 0.862 bits per heavy atom. The van der Waals surface area contributed by atoms with E-state index in [1.54, 1.807) is 19.1 Å². The van der Waals surface area contributed by atoms with Gasteiger partial charge in [0.2, 0.25) is 0 Å². The fourth-order valence-corrected chi connectivity index (χ4v) is 3.91. The van der Waals surface area contributed by atoms with Gasteiger partial charge in [0.25, 0.3) is 0 Å². The van der Waals surface area contributed by atoms with Gasteiger partial charge in [-0.3, -0.25) is 0 Å². The minimum Gasteiger partial charge on any atom is -0.744 e. The van der Waals surface area contributed by atoms with Crippen molar-refractivity contribution < 1.29 is 31.0 Å². The van der Waals surface area contributed by atoms with Gasteiger partial charge >= 0.3 is 0 Å². The number of fused-ring (bicyclic) bond motifs is 1. The number of benzene rings is 3. The second-order valence-electron chi connectivity index (χ2n) is 6.35. The molecule has 3 rings (SSSR count). The van der Waals surface area contributed by atoms with E-state index in [4.69, 9.17) is 0 Å². The first kappa shape index (κ1) is 20.9. The Balaban J connectivity index is 2.31. The maximum absolute atomic E-state index is 11.5. The van der Waals surface area contributed by atoms with Crippen LogP contribution in [0.3, 0.4) is 0 Å². The van der Waals surface area contributed by atoms with Gasteiger partial charge < -0.3 is 14.2 Å². The Morgan fingerprint density at radius 3 is 2.14 bits per heavy atom.